The largest absolute Gasteiger partial charge is 0.478 e. The van der Waals surface area contributed by atoms with Crippen molar-refractivity contribution in [3.63, 3.8) is 0 Å². The highest BCUT2D eigenvalue weighted by Crippen LogP contribution is 2.18. The minimum atomic E-state index is -3.80. The number of sulfonamides is 1. The number of halogens is 1. The molecule has 0 aliphatic heterocycles. The zero-order valence-corrected chi connectivity index (χ0v) is 13.9. The first-order valence-corrected chi connectivity index (χ1v) is 8.36. The van der Waals surface area contributed by atoms with Gasteiger partial charge in [-0.2, -0.15) is 0 Å². The van der Waals surface area contributed by atoms with Gasteiger partial charge in [0.05, 0.1) is 17.0 Å². The summed E-state index contributed by atoms with van der Waals surface area (Å²) >= 11 is 1.85. The first-order chi connectivity index (χ1) is 9.81. The van der Waals surface area contributed by atoms with Crippen molar-refractivity contribution in [3.05, 3.63) is 45.6 Å². The lowest BCUT2D eigenvalue weighted by molar-refractivity contribution is 0.0695. The Morgan fingerprint density at radius 2 is 2.19 bits per heavy atom. The van der Waals surface area contributed by atoms with Crippen LogP contribution in [0.2, 0.25) is 0 Å². The van der Waals surface area contributed by atoms with Crippen LogP contribution >= 0.6 is 22.6 Å². The predicted molar refractivity (Wildman–Crippen MR) is 83.4 cm³/mol. The molecule has 2 rings (SSSR count). The maximum absolute atomic E-state index is 12.2. The molecule has 0 atom stereocenters. The second-order valence-corrected chi connectivity index (χ2v) is 7.15. The van der Waals surface area contributed by atoms with E-state index in [0.29, 0.717) is 9.39 Å². The third-order valence-electron chi connectivity index (χ3n) is 2.82. The van der Waals surface area contributed by atoms with Gasteiger partial charge in [-0.3, -0.25) is 0 Å². The van der Waals surface area contributed by atoms with Crippen molar-refractivity contribution in [2.75, 3.05) is 0 Å². The fourth-order valence-corrected chi connectivity index (χ4v) is 3.22. The molecule has 1 aromatic carbocycles. The number of nitrogens with one attached hydrogen (secondary N) is 1. The molecule has 0 amide bonds. The summed E-state index contributed by atoms with van der Waals surface area (Å²) in [5.74, 6) is -0.608. The van der Waals surface area contributed by atoms with Crippen LogP contribution < -0.4 is 4.72 Å². The lowest BCUT2D eigenvalue weighted by Crippen LogP contribution is -2.25. The van der Waals surface area contributed by atoms with Crippen LogP contribution in [-0.4, -0.2) is 29.0 Å². The Bertz CT molecular complexity index is 786. The van der Waals surface area contributed by atoms with Crippen LogP contribution in [0.5, 0.6) is 0 Å². The van der Waals surface area contributed by atoms with E-state index in [1.807, 2.05) is 22.6 Å². The first-order valence-electron chi connectivity index (χ1n) is 5.80. The molecule has 0 aliphatic rings. The van der Waals surface area contributed by atoms with Gasteiger partial charge in [0.25, 0.3) is 0 Å². The van der Waals surface area contributed by atoms with Crippen LogP contribution in [0, 0.1) is 3.57 Å². The number of imidazole rings is 1. The molecule has 1 aromatic heterocycles. The van der Waals surface area contributed by atoms with Gasteiger partial charge < -0.3 is 9.67 Å². The normalized spacial score (nSPS) is 11.5. The van der Waals surface area contributed by atoms with Gasteiger partial charge in [0.2, 0.25) is 10.0 Å². The maximum Gasteiger partial charge on any atom is 0.336 e. The topological polar surface area (TPSA) is 101 Å². The molecular formula is C12H12IN3O4S. The van der Waals surface area contributed by atoms with E-state index in [9.17, 15) is 13.2 Å². The molecule has 0 spiro atoms. The smallest absolute Gasteiger partial charge is 0.336 e. The number of aromatic nitrogens is 2. The summed E-state index contributed by atoms with van der Waals surface area (Å²) in [6, 6.07) is 3.97. The zero-order chi connectivity index (χ0) is 15.6. The van der Waals surface area contributed by atoms with E-state index in [4.69, 9.17) is 5.11 Å². The van der Waals surface area contributed by atoms with Crippen molar-refractivity contribution < 1.29 is 18.3 Å². The predicted octanol–water partition coefficient (Wildman–Crippen LogP) is 1.20. The second kappa shape index (κ2) is 6.12. The number of benzene rings is 1. The first kappa shape index (κ1) is 15.9. The van der Waals surface area contributed by atoms with Crippen LogP contribution in [0.4, 0.5) is 0 Å². The molecule has 112 valence electrons. The fourth-order valence-electron chi connectivity index (χ4n) is 1.65. The van der Waals surface area contributed by atoms with Gasteiger partial charge in [0.15, 0.2) is 0 Å². The van der Waals surface area contributed by atoms with Crippen molar-refractivity contribution in [1.29, 1.82) is 0 Å². The average Bonchev–Trinajstić information content (AvgIpc) is 2.82. The van der Waals surface area contributed by atoms with Gasteiger partial charge in [-0.25, -0.2) is 22.9 Å². The van der Waals surface area contributed by atoms with Gasteiger partial charge in [-0.05, 0) is 40.8 Å². The molecule has 9 heteroatoms. The van der Waals surface area contributed by atoms with Crippen molar-refractivity contribution in [2.24, 2.45) is 7.05 Å². The zero-order valence-electron chi connectivity index (χ0n) is 10.9. The van der Waals surface area contributed by atoms with Gasteiger partial charge in [0.1, 0.15) is 5.82 Å². The summed E-state index contributed by atoms with van der Waals surface area (Å²) in [5, 5.41) is 9.04. The Labute approximate surface area is 135 Å². The molecule has 2 N–H and O–H groups in total. The van der Waals surface area contributed by atoms with Crippen molar-refractivity contribution in [1.82, 2.24) is 14.3 Å². The standard InChI is InChI=1S/C12H12IN3O4S/c1-16-5-4-14-11(16)7-15-21(19,20)8-2-3-10(13)9(6-8)12(17)18/h2-6,15H,7H2,1H3,(H,17,18). The molecule has 0 unspecified atom stereocenters. The van der Waals surface area contributed by atoms with Gasteiger partial charge in [0, 0.05) is 23.0 Å². The van der Waals surface area contributed by atoms with E-state index in [0.717, 1.165) is 6.07 Å². The third-order valence-corrected chi connectivity index (χ3v) is 5.16. The number of hydrogen-bond donors (Lipinski definition) is 2. The van der Waals surface area contributed by atoms with Crippen LogP contribution in [0.25, 0.3) is 0 Å². The molecule has 2 aromatic rings. The molecule has 0 aliphatic carbocycles. The minimum absolute atomic E-state index is 0.0280. The van der Waals surface area contributed by atoms with E-state index >= 15 is 0 Å². The highest BCUT2D eigenvalue weighted by atomic mass is 127. The maximum atomic E-state index is 12.2. The highest BCUT2D eigenvalue weighted by molar-refractivity contribution is 14.1. The van der Waals surface area contributed by atoms with Crippen LogP contribution in [-0.2, 0) is 23.6 Å². The molecule has 1 heterocycles. The molecule has 0 fully saturated rings. The lowest BCUT2D eigenvalue weighted by Gasteiger charge is -2.08. The Kier molecular flexibility index (Phi) is 4.64. The summed E-state index contributed by atoms with van der Waals surface area (Å²) in [7, 11) is -2.04. The minimum Gasteiger partial charge on any atom is -0.478 e. The van der Waals surface area contributed by atoms with Crippen LogP contribution in [0.3, 0.4) is 0 Å². The highest BCUT2D eigenvalue weighted by Gasteiger charge is 2.18. The number of carbonyl (C=O) groups is 1. The second-order valence-electron chi connectivity index (χ2n) is 4.23. The molecular weight excluding hydrogens is 409 g/mol. The molecule has 7 nitrogen and oxygen atoms in total. The summed E-state index contributed by atoms with van der Waals surface area (Å²) < 4.78 is 28.9. The summed E-state index contributed by atoms with van der Waals surface area (Å²) in [5.41, 5.74) is -0.0459. The number of carboxylic acids is 1. The molecule has 0 bridgehead atoms. The Hall–Kier alpha value is -1.46. The Morgan fingerprint density at radius 3 is 2.76 bits per heavy atom. The van der Waals surface area contributed by atoms with Crippen molar-refractivity contribution in [2.45, 2.75) is 11.4 Å². The van der Waals surface area contributed by atoms with E-state index in [-0.39, 0.29) is 17.0 Å². The fraction of sp³-hybridized carbons (Fsp3) is 0.167. The number of aromatic carboxylic acids is 1. The van der Waals surface area contributed by atoms with Gasteiger partial charge in [-0.1, -0.05) is 0 Å². The van der Waals surface area contributed by atoms with Crippen molar-refractivity contribution >= 4 is 38.6 Å². The molecule has 21 heavy (non-hydrogen) atoms. The number of nitrogens with zero attached hydrogens (tertiary/aromatic N) is 2. The number of carboxylic acid groups (broad SMARTS) is 1. The van der Waals surface area contributed by atoms with Crippen molar-refractivity contribution in [3.8, 4) is 0 Å². The number of hydrogen-bond acceptors (Lipinski definition) is 4. The SMILES string of the molecule is Cn1ccnc1CNS(=O)(=O)c1ccc(I)c(C(=O)O)c1. The summed E-state index contributed by atoms with van der Waals surface area (Å²) in [6.07, 6.45) is 3.27. The summed E-state index contributed by atoms with van der Waals surface area (Å²) in [6.45, 7) is 0.0280. The van der Waals surface area contributed by atoms with Crippen LogP contribution in [0.15, 0.2) is 35.5 Å². The van der Waals surface area contributed by atoms with Crippen LogP contribution in [0.1, 0.15) is 16.2 Å². The number of aryl methyl sites for hydroxylation is 1. The van der Waals surface area contributed by atoms with E-state index < -0.39 is 16.0 Å². The molecule has 0 saturated heterocycles. The quantitative estimate of drug-likeness (QED) is 0.707. The summed E-state index contributed by atoms with van der Waals surface area (Å²) in [4.78, 5) is 15.0. The van der Waals surface area contributed by atoms with Gasteiger partial charge in [-0.15, -0.1) is 0 Å². The molecule has 0 saturated carbocycles. The van der Waals surface area contributed by atoms with Gasteiger partial charge >= 0.3 is 5.97 Å². The lowest BCUT2D eigenvalue weighted by atomic mass is 10.2. The van der Waals surface area contributed by atoms with E-state index in [1.54, 1.807) is 24.0 Å². The Balaban J connectivity index is 2.26. The van der Waals surface area contributed by atoms with E-state index in [2.05, 4.69) is 9.71 Å². The Morgan fingerprint density at radius 1 is 1.48 bits per heavy atom. The van der Waals surface area contributed by atoms with E-state index in [1.165, 1.54) is 12.1 Å². The third kappa shape index (κ3) is 3.60. The number of rotatable bonds is 5. The average molecular weight is 421 g/mol. The molecule has 0 radical (unpaired) electrons. The monoisotopic (exact) mass is 421 g/mol.